The van der Waals surface area contributed by atoms with Gasteiger partial charge in [0.15, 0.2) is 0 Å². The summed E-state index contributed by atoms with van der Waals surface area (Å²) >= 11 is 0. The van der Waals surface area contributed by atoms with Crippen LogP contribution >= 0.6 is 0 Å². The molecule has 1 aromatic carbocycles. The van der Waals surface area contributed by atoms with Crippen LogP contribution in [0, 0.1) is 6.92 Å². The predicted octanol–water partition coefficient (Wildman–Crippen LogP) is 2.14. The Kier molecular flexibility index (Phi) is 2.76. The van der Waals surface area contributed by atoms with Crippen molar-refractivity contribution < 1.29 is 4.79 Å². The number of hydrazine groups is 1. The molecule has 19 heavy (non-hydrogen) atoms. The summed E-state index contributed by atoms with van der Waals surface area (Å²) in [5.41, 5.74) is 10.1. The van der Waals surface area contributed by atoms with Crippen molar-refractivity contribution in [1.82, 2.24) is 15.8 Å². The summed E-state index contributed by atoms with van der Waals surface area (Å²) in [6, 6.07) is 9.63. The Balaban J connectivity index is 2.11. The topological polar surface area (TPSA) is 54.0 Å². The molecule has 2 aromatic rings. The normalized spacial score (nSPS) is 15.6. The van der Waals surface area contributed by atoms with E-state index in [0.717, 1.165) is 22.4 Å². The van der Waals surface area contributed by atoms with E-state index in [-0.39, 0.29) is 5.91 Å². The van der Waals surface area contributed by atoms with E-state index >= 15 is 0 Å². The van der Waals surface area contributed by atoms with Crippen LogP contribution in [0.2, 0.25) is 0 Å². The largest absolute Gasteiger partial charge is 0.298 e. The van der Waals surface area contributed by atoms with Crippen LogP contribution < -0.4 is 10.9 Å². The van der Waals surface area contributed by atoms with Gasteiger partial charge in [-0.25, -0.2) is 0 Å². The SMILES string of the molecule is Cc1ccc2c(c1)/C(=C/c1cccnc1)NNC2=O. The van der Waals surface area contributed by atoms with Gasteiger partial charge < -0.3 is 0 Å². The van der Waals surface area contributed by atoms with E-state index in [1.54, 1.807) is 12.4 Å². The molecule has 1 aliphatic heterocycles. The molecule has 4 heteroatoms. The Morgan fingerprint density at radius 2 is 2.05 bits per heavy atom. The minimum atomic E-state index is -0.113. The molecule has 94 valence electrons. The first-order valence-electron chi connectivity index (χ1n) is 6.03. The highest BCUT2D eigenvalue weighted by Gasteiger charge is 2.19. The van der Waals surface area contributed by atoms with E-state index in [9.17, 15) is 4.79 Å². The van der Waals surface area contributed by atoms with Gasteiger partial charge in [0.25, 0.3) is 5.91 Å². The van der Waals surface area contributed by atoms with Gasteiger partial charge in [-0.2, -0.15) is 0 Å². The number of nitrogens with one attached hydrogen (secondary N) is 2. The molecule has 0 unspecified atom stereocenters. The number of hydrogen-bond acceptors (Lipinski definition) is 3. The van der Waals surface area contributed by atoms with Crippen molar-refractivity contribution in [3.8, 4) is 0 Å². The van der Waals surface area contributed by atoms with Crippen LogP contribution in [0.15, 0.2) is 42.7 Å². The molecule has 2 heterocycles. The minimum Gasteiger partial charge on any atom is -0.298 e. The van der Waals surface area contributed by atoms with Crippen molar-refractivity contribution in [1.29, 1.82) is 0 Å². The molecule has 4 nitrogen and oxygen atoms in total. The minimum absolute atomic E-state index is 0.113. The fraction of sp³-hybridized carbons (Fsp3) is 0.0667. The lowest BCUT2D eigenvalue weighted by atomic mass is 9.99. The summed E-state index contributed by atoms with van der Waals surface area (Å²) in [7, 11) is 0. The van der Waals surface area contributed by atoms with E-state index in [2.05, 4.69) is 15.8 Å². The third-order valence-electron chi connectivity index (χ3n) is 3.02. The molecular formula is C15H13N3O. The third-order valence-corrected chi connectivity index (χ3v) is 3.02. The molecule has 1 amide bonds. The average molecular weight is 251 g/mol. The lowest BCUT2D eigenvalue weighted by molar-refractivity contribution is 0.0937. The zero-order valence-electron chi connectivity index (χ0n) is 10.5. The molecule has 0 saturated carbocycles. The molecule has 0 spiro atoms. The van der Waals surface area contributed by atoms with Gasteiger partial charge in [0, 0.05) is 18.0 Å². The Labute approximate surface area is 111 Å². The summed E-state index contributed by atoms with van der Waals surface area (Å²) in [6.45, 7) is 2.01. The molecule has 0 saturated heterocycles. The van der Waals surface area contributed by atoms with Crippen LogP contribution in [-0.4, -0.2) is 10.9 Å². The molecule has 2 N–H and O–H groups in total. The Hall–Kier alpha value is -2.62. The Morgan fingerprint density at radius 3 is 2.84 bits per heavy atom. The number of nitrogens with zero attached hydrogens (tertiary/aromatic N) is 1. The Bertz CT molecular complexity index is 662. The second kappa shape index (κ2) is 4.57. The quantitative estimate of drug-likeness (QED) is 0.816. The number of fused-ring (bicyclic) bond motifs is 1. The van der Waals surface area contributed by atoms with Crippen molar-refractivity contribution >= 4 is 17.7 Å². The second-order valence-corrected chi connectivity index (χ2v) is 4.47. The van der Waals surface area contributed by atoms with Gasteiger partial charge in [-0.1, -0.05) is 17.7 Å². The monoisotopic (exact) mass is 251 g/mol. The van der Waals surface area contributed by atoms with E-state index in [4.69, 9.17) is 0 Å². The van der Waals surface area contributed by atoms with Gasteiger partial charge in [-0.15, -0.1) is 0 Å². The van der Waals surface area contributed by atoms with E-state index in [1.807, 2.05) is 43.3 Å². The number of benzene rings is 1. The zero-order chi connectivity index (χ0) is 13.2. The van der Waals surface area contributed by atoms with Crippen LogP contribution in [-0.2, 0) is 0 Å². The maximum atomic E-state index is 11.8. The molecule has 3 rings (SSSR count). The summed E-state index contributed by atoms with van der Waals surface area (Å²) in [5.74, 6) is -0.113. The van der Waals surface area contributed by atoms with Crippen LogP contribution in [0.3, 0.4) is 0 Å². The Morgan fingerprint density at radius 1 is 1.16 bits per heavy atom. The second-order valence-electron chi connectivity index (χ2n) is 4.47. The molecular weight excluding hydrogens is 238 g/mol. The number of aryl methyl sites for hydroxylation is 1. The highest BCUT2D eigenvalue weighted by molar-refractivity contribution is 6.03. The van der Waals surface area contributed by atoms with E-state index < -0.39 is 0 Å². The average Bonchev–Trinajstić information content (AvgIpc) is 2.43. The van der Waals surface area contributed by atoms with Gasteiger partial charge in [-0.3, -0.25) is 20.6 Å². The number of pyridine rings is 1. The molecule has 0 atom stereocenters. The number of carbonyl (C=O) groups excluding carboxylic acids is 1. The van der Waals surface area contributed by atoms with Crippen molar-refractivity contribution in [3.05, 3.63) is 65.0 Å². The van der Waals surface area contributed by atoms with E-state index in [0.29, 0.717) is 5.56 Å². The molecule has 0 bridgehead atoms. The predicted molar refractivity (Wildman–Crippen MR) is 73.9 cm³/mol. The molecule has 0 aliphatic carbocycles. The number of rotatable bonds is 1. The molecule has 1 aromatic heterocycles. The number of amides is 1. The van der Waals surface area contributed by atoms with E-state index in [1.165, 1.54) is 0 Å². The van der Waals surface area contributed by atoms with Crippen molar-refractivity contribution in [2.45, 2.75) is 6.92 Å². The first-order valence-corrected chi connectivity index (χ1v) is 6.03. The number of hydrogen-bond donors (Lipinski definition) is 2. The summed E-state index contributed by atoms with van der Waals surface area (Å²) in [5, 5.41) is 0. The third kappa shape index (κ3) is 2.20. The van der Waals surface area contributed by atoms with Crippen molar-refractivity contribution in [2.75, 3.05) is 0 Å². The van der Waals surface area contributed by atoms with Crippen LogP contribution in [0.1, 0.15) is 27.0 Å². The fourth-order valence-electron chi connectivity index (χ4n) is 2.08. The standard InChI is InChI=1S/C15H13N3O/c1-10-4-5-12-13(7-10)14(17-18-15(12)19)8-11-3-2-6-16-9-11/h2-9,17H,1H3,(H,18,19)/b14-8-. The molecule has 0 radical (unpaired) electrons. The maximum absolute atomic E-state index is 11.8. The lowest BCUT2D eigenvalue weighted by Crippen LogP contribution is -2.41. The van der Waals surface area contributed by atoms with Crippen LogP contribution in [0.5, 0.6) is 0 Å². The van der Waals surface area contributed by atoms with Gasteiger partial charge in [0.1, 0.15) is 0 Å². The number of aromatic nitrogens is 1. The van der Waals surface area contributed by atoms with Crippen molar-refractivity contribution in [2.24, 2.45) is 0 Å². The summed E-state index contributed by atoms with van der Waals surface area (Å²) < 4.78 is 0. The lowest BCUT2D eigenvalue weighted by Gasteiger charge is -2.21. The van der Waals surface area contributed by atoms with Gasteiger partial charge in [-0.05, 0) is 36.8 Å². The number of carbonyl (C=O) groups is 1. The first-order chi connectivity index (χ1) is 9.24. The molecule has 1 aliphatic rings. The first kappa shape index (κ1) is 11.5. The van der Waals surface area contributed by atoms with Gasteiger partial charge >= 0.3 is 0 Å². The summed E-state index contributed by atoms with van der Waals surface area (Å²) in [6.07, 6.45) is 5.47. The van der Waals surface area contributed by atoms with Crippen LogP contribution in [0.25, 0.3) is 11.8 Å². The smallest absolute Gasteiger partial charge is 0.270 e. The zero-order valence-corrected chi connectivity index (χ0v) is 10.5. The van der Waals surface area contributed by atoms with Crippen LogP contribution in [0.4, 0.5) is 0 Å². The van der Waals surface area contributed by atoms with Gasteiger partial charge in [0.2, 0.25) is 0 Å². The van der Waals surface area contributed by atoms with Crippen molar-refractivity contribution in [3.63, 3.8) is 0 Å². The molecule has 0 fully saturated rings. The highest BCUT2D eigenvalue weighted by atomic mass is 16.2. The maximum Gasteiger partial charge on any atom is 0.270 e. The highest BCUT2D eigenvalue weighted by Crippen LogP contribution is 2.23. The van der Waals surface area contributed by atoms with Gasteiger partial charge in [0.05, 0.1) is 11.3 Å². The fourth-order valence-corrected chi connectivity index (χ4v) is 2.08. The summed E-state index contributed by atoms with van der Waals surface area (Å²) in [4.78, 5) is 15.9.